The van der Waals surface area contributed by atoms with Gasteiger partial charge in [0.2, 0.25) is 0 Å². The molecule has 0 aliphatic heterocycles. The number of nitriles is 2. The number of hydrogen-bond acceptors (Lipinski definition) is 2. The number of benzene rings is 6. The Morgan fingerprint density at radius 3 is 1.96 bits per heavy atom. The second-order valence-electron chi connectivity index (χ2n) is 12.3. The molecule has 8 aromatic rings. The molecule has 4 nitrogen and oxygen atoms in total. The molecule has 4 heteroatoms. The Morgan fingerprint density at radius 2 is 1.22 bits per heavy atom. The maximum atomic E-state index is 10.9. The average Bonchev–Trinajstić information content (AvgIpc) is 3.54. The number of allylic oxidation sites excluding steroid dienone is 3. The van der Waals surface area contributed by atoms with Gasteiger partial charge in [-0.15, -0.1) is 0 Å². The largest absolute Gasteiger partial charge is 0.313 e. The lowest BCUT2D eigenvalue weighted by Crippen LogP contribution is -2.02. The van der Waals surface area contributed by atoms with Crippen LogP contribution >= 0.6 is 0 Å². The first kappa shape index (κ1) is 28.4. The third kappa shape index (κ3) is 4.36. The third-order valence-corrected chi connectivity index (χ3v) is 9.68. The summed E-state index contributed by atoms with van der Waals surface area (Å²) in [6, 6.07) is 50.5. The normalized spacial score (nSPS) is 12.2. The first-order valence-electron chi connectivity index (χ1n) is 16.4. The molecule has 1 aliphatic rings. The minimum atomic E-state index is 0.467. The first-order valence-corrected chi connectivity index (χ1v) is 16.4. The van der Waals surface area contributed by atoms with E-state index in [0.29, 0.717) is 16.7 Å². The summed E-state index contributed by atoms with van der Waals surface area (Å²) < 4.78 is 4.60. The SMILES string of the molecule is N#Cc1ccc(-c2ccccc2-n2c3ccccc3c3ccccc32)c(C#N)c1-c1cccc(-n2c3c(c4ccccc42)C=CC=CC3)c1. The predicted octanol–water partition coefficient (Wildman–Crippen LogP) is 10.9. The maximum Gasteiger partial charge on any atom is 0.100 e. The summed E-state index contributed by atoms with van der Waals surface area (Å²) in [7, 11) is 0. The maximum absolute atomic E-state index is 10.9. The highest BCUT2D eigenvalue weighted by atomic mass is 15.0. The molecule has 2 heterocycles. The van der Waals surface area contributed by atoms with Crippen LogP contribution in [0.5, 0.6) is 0 Å². The highest BCUT2D eigenvalue weighted by Gasteiger charge is 2.22. The lowest BCUT2D eigenvalue weighted by molar-refractivity contribution is 1.00. The van der Waals surface area contributed by atoms with Gasteiger partial charge < -0.3 is 9.13 Å². The van der Waals surface area contributed by atoms with Gasteiger partial charge in [0, 0.05) is 56.2 Å². The number of rotatable bonds is 4. The number of nitrogens with zero attached hydrogens (tertiary/aromatic N) is 4. The summed E-state index contributed by atoms with van der Waals surface area (Å²) in [5.41, 5.74) is 11.8. The minimum absolute atomic E-state index is 0.467. The van der Waals surface area contributed by atoms with E-state index >= 15 is 0 Å². The Kier molecular flexibility index (Phi) is 6.61. The molecule has 49 heavy (non-hydrogen) atoms. The molecule has 228 valence electrons. The number of aromatic nitrogens is 2. The molecular formula is C45H28N4. The summed E-state index contributed by atoms with van der Waals surface area (Å²) in [4.78, 5) is 0. The van der Waals surface area contributed by atoms with Gasteiger partial charge in [0.05, 0.1) is 39.4 Å². The topological polar surface area (TPSA) is 57.4 Å². The van der Waals surface area contributed by atoms with E-state index in [2.05, 4.69) is 143 Å². The molecule has 0 saturated carbocycles. The van der Waals surface area contributed by atoms with Crippen molar-refractivity contribution in [2.45, 2.75) is 6.42 Å². The van der Waals surface area contributed by atoms with E-state index in [-0.39, 0.29) is 0 Å². The van der Waals surface area contributed by atoms with Crippen LogP contribution in [0.4, 0.5) is 0 Å². The van der Waals surface area contributed by atoms with Crippen LogP contribution in [0.15, 0.2) is 152 Å². The molecule has 0 unspecified atom stereocenters. The Morgan fingerprint density at radius 1 is 0.551 bits per heavy atom. The second-order valence-corrected chi connectivity index (χ2v) is 12.3. The molecule has 9 rings (SSSR count). The minimum Gasteiger partial charge on any atom is -0.313 e. The van der Waals surface area contributed by atoms with Gasteiger partial charge in [-0.1, -0.05) is 115 Å². The standard InChI is InChI=1S/C45H28N4/c46-28-31-25-26-33(34-16-4-9-22-42(34)49-43-23-10-6-18-37(43)38-19-7-11-24-44(38)49)39(29-47)45(31)30-13-12-14-32(27-30)48-40-20-3-1-2-15-35(40)36-17-5-8-21-41(36)48/h1-19,21-27H,20H2. The van der Waals surface area contributed by atoms with Gasteiger partial charge in [-0.2, -0.15) is 10.5 Å². The van der Waals surface area contributed by atoms with E-state index in [1.165, 1.54) is 27.4 Å². The van der Waals surface area contributed by atoms with Crippen molar-refractivity contribution in [2.75, 3.05) is 0 Å². The van der Waals surface area contributed by atoms with Crippen molar-refractivity contribution in [3.05, 3.63) is 174 Å². The van der Waals surface area contributed by atoms with Crippen LogP contribution in [0, 0.1) is 22.7 Å². The quantitative estimate of drug-likeness (QED) is 0.196. The van der Waals surface area contributed by atoms with E-state index < -0.39 is 0 Å². The third-order valence-electron chi connectivity index (χ3n) is 9.68. The zero-order valence-electron chi connectivity index (χ0n) is 26.5. The van der Waals surface area contributed by atoms with Gasteiger partial charge in [-0.25, -0.2) is 0 Å². The van der Waals surface area contributed by atoms with E-state index in [1.807, 2.05) is 36.4 Å². The van der Waals surface area contributed by atoms with Crippen LogP contribution in [0.2, 0.25) is 0 Å². The molecule has 0 radical (unpaired) electrons. The Labute approximate surface area is 283 Å². The Bertz CT molecular complexity index is 2720. The van der Waals surface area contributed by atoms with Gasteiger partial charge in [0.15, 0.2) is 0 Å². The molecule has 2 aromatic heterocycles. The number of hydrogen-bond donors (Lipinski definition) is 0. The fourth-order valence-corrected chi connectivity index (χ4v) is 7.63. The predicted molar refractivity (Wildman–Crippen MR) is 200 cm³/mol. The molecular weight excluding hydrogens is 597 g/mol. The molecule has 0 fully saturated rings. The highest BCUT2D eigenvalue weighted by molar-refractivity contribution is 6.10. The molecule has 0 N–H and O–H groups in total. The van der Waals surface area contributed by atoms with Crippen molar-refractivity contribution in [3.63, 3.8) is 0 Å². The summed E-state index contributed by atoms with van der Waals surface area (Å²) >= 11 is 0. The van der Waals surface area contributed by atoms with Crippen molar-refractivity contribution in [1.29, 1.82) is 10.5 Å². The highest BCUT2D eigenvalue weighted by Crippen LogP contribution is 2.41. The monoisotopic (exact) mass is 624 g/mol. The van der Waals surface area contributed by atoms with Crippen molar-refractivity contribution < 1.29 is 0 Å². The molecule has 6 aromatic carbocycles. The smallest absolute Gasteiger partial charge is 0.100 e. The van der Waals surface area contributed by atoms with Gasteiger partial charge in [0.1, 0.15) is 6.07 Å². The zero-order valence-corrected chi connectivity index (χ0v) is 26.5. The van der Waals surface area contributed by atoms with Crippen LogP contribution in [0.3, 0.4) is 0 Å². The summed E-state index contributed by atoms with van der Waals surface area (Å²) in [6.07, 6.45) is 9.35. The van der Waals surface area contributed by atoms with Crippen LogP contribution < -0.4 is 0 Å². The van der Waals surface area contributed by atoms with Crippen molar-refractivity contribution in [2.24, 2.45) is 0 Å². The Hall–Kier alpha value is -6.88. The van der Waals surface area contributed by atoms with Crippen LogP contribution in [0.25, 0.3) is 72.4 Å². The van der Waals surface area contributed by atoms with E-state index in [1.54, 1.807) is 0 Å². The van der Waals surface area contributed by atoms with Gasteiger partial charge in [0.25, 0.3) is 0 Å². The average molecular weight is 625 g/mol. The fourth-order valence-electron chi connectivity index (χ4n) is 7.63. The lowest BCUT2D eigenvalue weighted by Gasteiger charge is -2.18. The van der Waals surface area contributed by atoms with Gasteiger partial charge >= 0.3 is 0 Å². The molecule has 0 spiro atoms. The molecule has 0 saturated heterocycles. The molecule has 1 aliphatic carbocycles. The van der Waals surface area contributed by atoms with E-state index in [0.717, 1.165) is 51.0 Å². The summed E-state index contributed by atoms with van der Waals surface area (Å²) in [5, 5.41) is 24.8. The van der Waals surface area contributed by atoms with Crippen molar-refractivity contribution in [3.8, 4) is 45.8 Å². The Balaban J connectivity index is 1.28. The molecule has 0 atom stereocenters. The fraction of sp³-hybridized carbons (Fsp3) is 0.0222. The van der Waals surface area contributed by atoms with E-state index in [9.17, 15) is 10.5 Å². The summed E-state index contributed by atoms with van der Waals surface area (Å²) in [5.74, 6) is 0. The van der Waals surface area contributed by atoms with E-state index in [4.69, 9.17) is 0 Å². The summed E-state index contributed by atoms with van der Waals surface area (Å²) in [6.45, 7) is 0. The number of fused-ring (bicyclic) bond motifs is 6. The molecule has 0 amide bonds. The first-order chi connectivity index (χ1) is 24.3. The van der Waals surface area contributed by atoms with Gasteiger partial charge in [-0.05, 0) is 48.0 Å². The number of para-hydroxylation sites is 4. The lowest BCUT2D eigenvalue weighted by atomic mass is 9.88. The zero-order chi connectivity index (χ0) is 32.9. The van der Waals surface area contributed by atoms with Crippen molar-refractivity contribution >= 4 is 38.8 Å². The molecule has 0 bridgehead atoms. The van der Waals surface area contributed by atoms with Crippen LogP contribution in [-0.2, 0) is 6.42 Å². The van der Waals surface area contributed by atoms with Crippen LogP contribution in [0.1, 0.15) is 22.4 Å². The van der Waals surface area contributed by atoms with Crippen LogP contribution in [-0.4, -0.2) is 9.13 Å². The van der Waals surface area contributed by atoms with Gasteiger partial charge in [-0.3, -0.25) is 0 Å². The second kappa shape index (κ2) is 11.4. The van der Waals surface area contributed by atoms with Crippen molar-refractivity contribution in [1.82, 2.24) is 9.13 Å².